The number of carbonyl (C=O) groups is 1. The summed E-state index contributed by atoms with van der Waals surface area (Å²) in [5, 5.41) is 2.91. The van der Waals surface area contributed by atoms with Crippen LogP contribution < -0.4 is 11.1 Å². The summed E-state index contributed by atoms with van der Waals surface area (Å²) in [6, 6.07) is 0.579. The van der Waals surface area contributed by atoms with Gasteiger partial charge < -0.3 is 11.1 Å². The van der Waals surface area contributed by atoms with Gasteiger partial charge in [0.05, 0.1) is 5.92 Å². The van der Waals surface area contributed by atoms with Gasteiger partial charge in [-0.25, -0.2) is 0 Å². The summed E-state index contributed by atoms with van der Waals surface area (Å²) in [7, 11) is 0. The molecule has 0 spiro atoms. The molecule has 1 heterocycles. The number of piperidine rings is 1. The third kappa shape index (κ3) is 4.94. The van der Waals surface area contributed by atoms with Crippen molar-refractivity contribution >= 4 is 5.91 Å². The molecule has 0 aromatic carbocycles. The van der Waals surface area contributed by atoms with Crippen LogP contribution in [0.15, 0.2) is 0 Å². The lowest BCUT2D eigenvalue weighted by molar-refractivity contribution is -0.126. The predicted octanol–water partition coefficient (Wildman–Crippen LogP) is 1.21. The van der Waals surface area contributed by atoms with Gasteiger partial charge in [-0.1, -0.05) is 13.8 Å². The highest BCUT2D eigenvalue weighted by Crippen LogP contribution is 2.21. The molecule has 0 bridgehead atoms. The second-order valence-corrected chi connectivity index (χ2v) is 5.89. The molecule has 3 N–H and O–H groups in total. The fourth-order valence-corrected chi connectivity index (χ4v) is 2.79. The minimum atomic E-state index is 0.153. The molecule has 1 aliphatic rings. The second-order valence-electron chi connectivity index (χ2n) is 5.89. The first-order valence-electron chi connectivity index (χ1n) is 7.26. The molecule has 1 rings (SSSR count). The Kier molecular flexibility index (Phi) is 6.65. The van der Waals surface area contributed by atoms with Crippen molar-refractivity contribution in [1.29, 1.82) is 0 Å². The molecular weight excluding hydrogens is 226 g/mol. The number of nitrogens with two attached hydrogens (primary N) is 1. The van der Waals surface area contributed by atoms with Gasteiger partial charge >= 0.3 is 0 Å². The van der Waals surface area contributed by atoms with Crippen LogP contribution >= 0.6 is 0 Å². The zero-order valence-electron chi connectivity index (χ0n) is 12.1. The summed E-state index contributed by atoms with van der Waals surface area (Å²) < 4.78 is 0. The molecule has 0 radical (unpaired) electrons. The van der Waals surface area contributed by atoms with Crippen molar-refractivity contribution in [3.05, 3.63) is 0 Å². The van der Waals surface area contributed by atoms with Crippen LogP contribution in [0.2, 0.25) is 0 Å². The molecule has 106 valence electrons. The predicted molar refractivity (Wildman–Crippen MR) is 75.3 cm³/mol. The summed E-state index contributed by atoms with van der Waals surface area (Å²) >= 11 is 0. The van der Waals surface area contributed by atoms with Gasteiger partial charge in [-0.15, -0.1) is 0 Å². The normalized spacial score (nSPS) is 23.1. The standard InChI is InChI=1S/C14H29N3O/c1-11(2)9-12(3)17-8-4-5-13(10-17)14(18)16-7-6-15/h11-13H,4-10,15H2,1-3H3,(H,16,18). The smallest absolute Gasteiger partial charge is 0.224 e. The van der Waals surface area contributed by atoms with Gasteiger partial charge in [-0.3, -0.25) is 9.69 Å². The SMILES string of the molecule is CC(C)CC(C)N1CCCC(C(=O)NCCN)C1. The van der Waals surface area contributed by atoms with Crippen LogP contribution in [0.25, 0.3) is 0 Å². The van der Waals surface area contributed by atoms with Crippen LogP contribution in [-0.2, 0) is 4.79 Å². The first-order chi connectivity index (χ1) is 8.54. The molecule has 1 amide bonds. The Hall–Kier alpha value is -0.610. The Morgan fingerprint density at radius 1 is 1.44 bits per heavy atom. The molecule has 0 saturated carbocycles. The van der Waals surface area contributed by atoms with Crippen molar-refractivity contribution in [3.63, 3.8) is 0 Å². The zero-order valence-corrected chi connectivity index (χ0v) is 12.1. The van der Waals surface area contributed by atoms with E-state index in [-0.39, 0.29) is 11.8 Å². The highest BCUT2D eigenvalue weighted by atomic mass is 16.1. The van der Waals surface area contributed by atoms with Crippen molar-refractivity contribution in [2.45, 2.75) is 46.1 Å². The number of amides is 1. The van der Waals surface area contributed by atoms with Crippen LogP contribution in [-0.4, -0.2) is 43.0 Å². The van der Waals surface area contributed by atoms with Crippen LogP contribution in [0.5, 0.6) is 0 Å². The molecular formula is C14H29N3O. The van der Waals surface area contributed by atoms with E-state index in [1.165, 1.54) is 6.42 Å². The minimum absolute atomic E-state index is 0.153. The highest BCUT2D eigenvalue weighted by molar-refractivity contribution is 5.78. The van der Waals surface area contributed by atoms with Crippen LogP contribution in [0.1, 0.15) is 40.0 Å². The molecule has 4 heteroatoms. The monoisotopic (exact) mass is 255 g/mol. The zero-order chi connectivity index (χ0) is 13.5. The van der Waals surface area contributed by atoms with Crippen molar-refractivity contribution in [2.24, 2.45) is 17.6 Å². The molecule has 1 fully saturated rings. The summed E-state index contributed by atoms with van der Waals surface area (Å²) in [4.78, 5) is 14.4. The lowest BCUT2D eigenvalue weighted by atomic mass is 9.94. The second kappa shape index (κ2) is 7.74. The summed E-state index contributed by atoms with van der Waals surface area (Å²) in [6.45, 7) is 9.94. The maximum Gasteiger partial charge on any atom is 0.224 e. The Morgan fingerprint density at radius 3 is 2.78 bits per heavy atom. The van der Waals surface area contributed by atoms with E-state index in [4.69, 9.17) is 5.73 Å². The number of hydrogen-bond donors (Lipinski definition) is 2. The van der Waals surface area contributed by atoms with E-state index in [0.717, 1.165) is 25.9 Å². The first-order valence-corrected chi connectivity index (χ1v) is 7.26. The van der Waals surface area contributed by atoms with E-state index >= 15 is 0 Å². The number of likely N-dealkylation sites (tertiary alicyclic amines) is 1. The first kappa shape index (κ1) is 15.4. The Morgan fingerprint density at radius 2 is 2.17 bits per heavy atom. The van der Waals surface area contributed by atoms with Crippen molar-refractivity contribution in [3.8, 4) is 0 Å². The number of carbonyl (C=O) groups excluding carboxylic acids is 1. The minimum Gasteiger partial charge on any atom is -0.355 e. The fraction of sp³-hybridized carbons (Fsp3) is 0.929. The largest absolute Gasteiger partial charge is 0.355 e. The lowest BCUT2D eigenvalue weighted by Gasteiger charge is -2.36. The summed E-state index contributed by atoms with van der Waals surface area (Å²) in [5.41, 5.74) is 5.41. The van der Waals surface area contributed by atoms with E-state index in [9.17, 15) is 4.79 Å². The van der Waals surface area contributed by atoms with Gasteiger partial charge in [-0.05, 0) is 38.6 Å². The average molecular weight is 255 g/mol. The summed E-state index contributed by atoms with van der Waals surface area (Å²) in [6.07, 6.45) is 3.35. The molecule has 0 aromatic rings. The van der Waals surface area contributed by atoms with Crippen LogP contribution in [0.3, 0.4) is 0 Å². The molecule has 1 saturated heterocycles. The molecule has 4 nitrogen and oxygen atoms in total. The number of rotatable bonds is 6. The average Bonchev–Trinajstić information content (AvgIpc) is 2.35. The molecule has 2 atom stereocenters. The van der Waals surface area contributed by atoms with Gasteiger partial charge in [0.1, 0.15) is 0 Å². The van der Waals surface area contributed by atoms with Crippen molar-refractivity contribution in [1.82, 2.24) is 10.2 Å². The van der Waals surface area contributed by atoms with E-state index in [2.05, 4.69) is 31.0 Å². The number of hydrogen-bond acceptors (Lipinski definition) is 3. The Balaban J connectivity index is 2.42. The van der Waals surface area contributed by atoms with Gasteiger partial charge in [0, 0.05) is 25.7 Å². The summed E-state index contributed by atoms with van der Waals surface area (Å²) in [5.74, 6) is 1.05. The van der Waals surface area contributed by atoms with E-state index < -0.39 is 0 Å². The quantitative estimate of drug-likeness (QED) is 0.750. The van der Waals surface area contributed by atoms with Crippen molar-refractivity contribution in [2.75, 3.05) is 26.2 Å². The lowest BCUT2D eigenvalue weighted by Crippen LogP contribution is -2.47. The fourth-order valence-electron chi connectivity index (χ4n) is 2.79. The third-order valence-electron chi connectivity index (χ3n) is 3.70. The van der Waals surface area contributed by atoms with E-state index in [1.54, 1.807) is 0 Å². The van der Waals surface area contributed by atoms with Gasteiger partial charge in [0.2, 0.25) is 5.91 Å². The molecule has 0 aromatic heterocycles. The maximum atomic E-state index is 12.0. The molecule has 18 heavy (non-hydrogen) atoms. The van der Waals surface area contributed by atoms with Gasteiger partial charge in [-0.2, -0.15) is 0 Å². The van der Waals surface area contributed by atoms with Crippen LogP contribution in [0, 0.1) is 11.8 Å². The number of nitrogens with one attached hydrogen (secondary N) is 1. The maximum absolute atomic E-state index is 12.0. The van der Waals surface area contributed by atoms with Gasteiger partial charge in [0.25, 0.3) is 0 Å². The van der Waals surface area contributed by atoms with Crippen LogP contribution in [0.4, 0.5) is 0 Å². The topological polar surface area (TPSA) is 58.4 Å². The molecule has 1 aliphatic heterocycles. The highest BCUT2D eigenvalue weighted by Gasteiger charge is 2.27. The van der Waals surface area contributed by atoms with E-state index in [0.29, 0.717) is 25.0 Å². The Bertz CT molecular complexity index is 255. The van der Waals surface area contributed by atoms with E-state index in [1.807, 2.05) is 0 Å². The Labute approximate surface area is 111 Å². The van der Waals surface area contributed by atoms with Gasteiger partial charge in [0.15, 0.2) is 0 Å². The van der Waals surface area contributed by atoms with Crippen molar-refractivity contribution < 1.29 is 4.79 Å². The molecule has 2 unspecified atom stereocenters. The number of nitrogens with zero attached hydrogens (tertiary/aromatic N) is 1. The molecule has 0 aliphatic carbocycles. The third-order valence-corrected chi connectivity index (χ3v) is 3.70.